The first-order valence-electron chi connectivity index (χ1n) is 11.4. The Balaban J connectivity index is 1.65. The highest BCUT2D eigenvalue weighted by atomic mass is 32.2. The molecule has 0 unspecified atom stereocenters. The number of thiazole rings is 1. The van der Waals surface area contributed by atoms with E-state index in [0.717, 1.165) is 34.9 Å². The molecule has 0 fully saturated rings. The molecule has 4 rings (SSSR count). The third-order valence-corrected chi connectivity index (χ3v) is 7.66. The second kappa shape index (κ2) is 10.1. The highest BCUT2D eigenvalue weighted by Gasteiger charge is 2.24. The van der Waals surface area contributed by atoms with Gasteiger partial charge in [0.05, 0.1) is 10.7 Å². The summed E-state index contributed by atoms with van der Waals surface area (Å²) in [5, 5.41) is 8.63. The number of carbonyl (C=O) groups is 1. The van der Waals surface area contributed by atoms with E-state index < -0.39 is 0 Å². The van der Waals surface area contributed by atoms with Crippen LogP contribution in [0, 0.1) is 0 Å². The van der Waals surface area contributed by atoms with Crippen LogP contribution >= 0.6 is 23.1 Å². The Morgan fingerprint density at radius 2 is 1.82 bits per heavy atom. The lowest BCUT2D eigenvalue weighted by Gasteiger charge is -2.18. The number of benzene rings is 2. The van der Waals surface area contributed by atoms with Gasteiger partial charge in [0.1, 0.15) is 11.2 Å². The number of carbonyl (C=O) groups excluding carboxylic acids is 1. The largest absolute Gasteiger partial charge is 0.360 e. The Bertz CT molecular complexity index is 1340. The third-order valence-electron chi connectivity index (χ3n) is 5.48. The summed E-state index contributed by atoms with van der Waals surface area (Å²) in [6.07, 6.45) is 4.53. The van der Waals surface area contributed by atoms with Crippen LogP contribution in [0.3, 0.4) is 0 Å². The number of allylic oxidation sites excluding steroid dienone is 3. The molecule has 0 aliphatic carbocycles. The molecule has 7 heteroatoms. The van der Waals surface area contributed by atoms with Crippen LogP contribution < -0.4 is 20.1 Å². The zero-order chi connectivity index (χ0) is 24.4. The van der Waals surface area contributed by atoms with Crippen molar-refractivity contribution >= 4 is 62.4 Å². The first-order valence-corrected chi connectivity index (χ1v) is 13.1. The minimum atomic E-state index is -0.0556. The van der Waals surface area contributed by atoms with Crippen LogP contribution in [0.2, 0.25) is 0 Å². The summed E-state index contributed by atoms with van der Waals surface area (Å²) in [5.74, 6) is -0.0556. The summed E-state index contributed by atoms with van der Waals surface area (Å²) in [6.45, 7) is 15.8. The van der Waals surface area contributed by atoms with Crippen molar-refractivity contribution in [3.63, 3.8) is 0 Å². The summed E-state index contributed by atoms with van der Waals surface area (Å²) >= 11 is 3.55. The van der Waals surface area contributed by atoms with E-state index in [0.29, 0.717) is 0 Å². The predicted octanol–water partition coefficient (Wildman–Crippen LogP) is 6.99. The van der Waals surface area contributed by atoms with Crippen molar-refractivity contribution in [3.8, 4) is 0 Å². The number of aromatic nitrogens is 1. The van der Waals surface area contributed by atoms with Gasteiger partial charge in [0, 0.05) is 47.6 Å². The molecule has 176 valence electrons. The maximum Gasteiger partial charge on any atom is 0.262 e. The van der Waals surface area contributed by atoms with Crippen LogP contribution in [-0.2, 0) is 11.3 Å². The van der Waals surface area contributed by atoms with E-state index in [1.54, 1.807) is 23.1 Å². The number of thioether (sulfide) groups is 1. The lowest BCUT2D eigenvalue weighted by atomic mass is 10.2. The van der Waals surface area contributed by atoms with Gasteiger partial charge in [0.2, 0.25) is 11.4 Å². The van der Waals surface area contributed by atoms with Gasteiger partial charge in [-0.25, -0.2) is 0 Å². The first kappa shape index (κ1) is 24.1. The normalized spacial score (nSPS) is 14.6. The minimum Gasteiger partial charge on any atom is -0.360 e. The molecule has 3 aromatic rings. The monoisotopic (exact) mass is 491 g/mol. The summed E-state index contributed by atoms with van der Waals surface area (Å²) in [5.41, 5.74) is 6.46. The quantitative estimate of drug-likeness (QED) is 0.350. The van der Waals surface area contributed by atoms with E-state index in [2.05, 4.69) is 89.9 Å². The molecule has 0 saturated carbocycles. The number of fused-ring (bicyclic) bond motifs is 2. The molecule has 2 N–H and O–H groups in total. The molecule has 2 heterocycles. The molecule has 1 aromatic heterocycles. The van der Waals surface area contributed by atoms with Crippen LogP contribution in [0.1, 0.15) is 39.6 Å². The van der Waals surface area contributed by atoms with Gasteiger partial charge in [0.15, 0.2) is 0 Å². The maximum absolute atomic E-state index is 11.4. The van der Waals surface area contributed by atoms with E-state index in [1.807, 2.05) is 13.0 Å². The lowest BCUT2D eigenvalue weighted by Crippen LogP contribution is -2.33. The zero-order valence-electron chi connectivity index (χ0n) is 20.4. The Morgan fingerprint density at radius 1 is 1.09 bits per heavy atom. The van der Waals surface area contributed by atoms with Gasteiger partial charge in [-0.15, -0.1) is 0 Å². The molecule has 0 bridgehead atoms. The maximum atomic E-state index is 11.4. The van der Waals surface area contributed by atoms with E-state index in [4.69, 9.17) is 0 Å². The topological polar surface area (TPSA) is 48.2 Å². The van der Waals surface area contributed by atoms with Crippen LogP contribution in [0.4, 0.5) is 17.1 Å². The van der Waals surface area contributed by atoms with Gasteiger partial charge in [-0.05, 0) is 69.7 Å². The molecule has 0 radical (unpaired) electrons. The molecule has 0 saturated heterocycles. The Labute approximate surface area is 209 Å². The summed E-state index contributed by atoms with van der Waals surface area (Å²) in [4.78, 5) is 15.1. The minimum absolute atomic E-state index is 0.0556. The number of amides is 1. The van der Waals surface area contributed by atoms with E-state index in [-0.39, 0.29) is 5.91 Å². The van der Waals surface area contributed by atoms with Crippen LogP contribution in [0.15, 0.2) is 70.2 Å². The molecule has 1 aliphatic rings. The number of hydrogen-bond acceptors (Lipinski definition) is 5. The van der Waals surface area contributed by atoms with E-state index in [9.17, 15) is 4.79 Å². The fourth-order valence-corrected chi connectivity index (χ4v) is 6.67. The van der Waals surface area contributed by atoms with Gasteiger partial charge in [-0.3, -0.25) is 4.79 Å². The van der Waals surface area contributed by atoms with Crippen molar-refractivity contribution in [1.29, 1.82) is 0 Å². The van der Waals surface area contributed by atoms with Crippen molar-refractivity contribution in [2.24, 2.45) is 0 Å². The molecular formula is C27H31N4OS2+. The second-order valence-electron chi connectivity index (χ2n) is 8.35. The molecule has 1 aliphatic heterocycles. The number of nitrogens with one attached hydrogen (secondary N) is 2. The van der Waals surface area contributed by atoms with Crippen molar-refractivity contribution < 1.29 is 9.36 Å². The molecular weight excluding hydrogens is 460 g/mol. The molecule has 5 nitrogen and oxygen atoms in total. The Hall–Kier alpha value is -3.03. The van der Waals surface area contributed by atoms with Gasteiger partial charge >= 0.3 is 0 Å². The fraction of sp³-hybridized carbons (Fsp3) is 0.259. The Kier molecular flexibility index (Phi) is 7.14. The molecule has 34 heavy (non-hydrogen) atoms. The highest BCUT2D eigenvalue weighted by Crippen LogP contribution is 2.47. The van der Waals surface area contributed by atoms with Crippen LogP contribution in [0.25, 0.3) is 16.3 Å². The fourth-order valence-electron chi connectivity index (χ4n) is 4.11. The van der Waals surface area contributed by atoms with Crippen LogP contribution in [-0.4, -0.2) is 12.5 Å². The number of rotatable bonds is 7. The molecule has 0 spiro atoms. The number of nitrogens with zero attached hydrogens (tertiary/aromatic N) is 2. The van der Waals surface area contributed by atoms with E-state index >= 15 is 0 Å². The van der Waals surface area contributed by atoms with Gasteiger partial charge in [0.25, 0.3) is 5.01 Å². The average Bonchev–Trinajstić information content (AvgIpc) is 3.28. The number of aryl methyl sites for hydroxylation is 1. The smallest absolute Gasteiger partial charge is 0.262 e. The molecule has 0 atom stereocenters. The molecule has 2 aromatic carbocycles. The van der Waals surface area contributed by atoms with Gasteiger partial charge < -0.3 is 15.5 Å². The second-order valence-corrected chi connectivity index (χ2v) is 10.5. The number of hydrogen-bond donors (Lipinski definition) is 2. The SMILES string of the molecule is C=C(C)Nc1ccc2c(c1)S/C(=C\C(C)=C\c1sc3cc(NC(C)=O)ccc3[n+]1CC)N2CC. The van der Waals surface area contributed by atoms with Crippen molar-refractivity contribution in [3.05, 3.63) is 70.4 Å². The van der Waals surface area contributed by atoms with Gasteiger partial charge in [-0.1, -0.05) is 29.7 Å². The third kappa shape index (κ3) is 5.05. The predicted molar refractivity (Wildman–Crippen MR) is 147 cm³/mol. The summed E-state index contributed by atoms with van der Waals surface area (Å²) < 4.78 is 3.48. The molecule has 1 amide bonds. The highest BCUT2D eigenvalue weighted by molar-refractivity contribution is 8.03. The van der Waals surface area contributed by atoms with Crippen LogP contribution in [0.5, 0.6) is 0 Å². The lowest BCUT2D eigenvalue weighted by molar-refractivity contribution is -0.665. The Morgan fingerprint density at radius 3 is 2.50 bits per heavy atom. The number of anilines is 3. The van der Waals surface area contributed by atoms with Crippen molar-refractivity contribution in [1.82, 2.24) is 0 Å². The standard InChI is InChI=1S/C27H30N4OS2/c1-7-30-22-11-9-20(28-17(3)4)15-24(22)33-26(30)13-18(5)14-27-31(8-2)23-12-10-21(29-19(6)32)16-25(23)34-27/h9-16,28H,3,7-8H2,1-2,4-6H3/p+1. The zero-order valence-corrected chi connectivity index (χ0v) is 22.0. The first-order chi connectivity index (χ1) is 16.3. The average molecular weight is 492 g/mol. The van der Waals surface area contributed by atoms with Crippen molar-refractivity contribution in [2.45, 2.75) is 46.1 Å². The van der Waals surface area contributed by atoms with E-state index in [1.165, 1.54) is 38.6 Å². The van der Waals surface area contributed by atoms with Crippen molar-refractivity contribution in [2.75, 3.05) is 22.1 Å². The summed E-state index contributed by atoms with van der Waals surface area (Å²) in [6, 6.07) is 12.6. The van der Waals surface area contributed by atoms with Gasteiger partial charge in [-0.2, -0.15) is 4.57 Å². The summed E-state index contributed by atoms with van der Waals surface area (Å²) in [7, 11) is 0.